The number of nitrogens with one attached hydrogen (secondary N) is 2. The molecule has 0 saturated carbocycles. The number of anilines is 1. The molecule has 1 amide bonds. The number of likely N-dealkylation sites (tertiary alicyclic amines) is 1. The van der Waals surface area contributed by atoms with Gasteiger partial charge in [0.25, 0.3) is 5.91 Å². The summed E-state index contributed by atoms with van der Waals surface area (Å²) in [7, 11) is 1.62. The number of methoxy groups -OCH3 is 1. The molecular weight excluding hydrogens is 350 g/mol. The molecule has 2 aromatic carbocycles. The van der Waals surface area contributed by atoms with E-state index in [1.54, 1.807) is 31.4 Å². The van der Waals surface area contributed by atoms with Crippen molar-refractivity contribution in [2.24, 2.45) is 0 Å². The number of hydrogen-bond acceptors (Lipinski definition) is 3. The van der Waals surface area contributed by atoms with Gasteiger partial charge in [0.05, 0.1) is 19.7 Å². The molecule has 2 heterocycles. The lowest BCUT2D eigenvalue weighted by atomic mass is 10.1. The van der Waals surface area contributed by atoms with Crippen molar-refractivity contribution in [3.8, 4) is 5.75 Å². The van der Waals surface area contributed by atoms with Crippen molar-refractivity contribution in [3.63, 3.8) is 0 Å². The average Bonchev–Trinajstić information content (AvgIpc) is 3.39. The molecule has 148 valence electrons. The van der Waals surface area contributed by atoms with Crippen LogP contribution in [0, 0.1) is 0 Å². The Morgan fingerprint density at radius 2 is 1.86 bits per heavy atom. The molecule has 0 spiro atoms. The van der Waals surface area contributed by atoms with Crippen LogP contribution in [0.3, 0.4) is 0 Å². The molecule has 2 aliphatic heterocycles. The van der Waals surface area contributed by atoms with Gasteiger partial charge in [-0.1, -0.05) is 0 Å². The summed E-state index contributed by atoms with van der Waals surface area (Å²) < 4.78 is 6.23. The van der Waals surface area contributed by atoms with Gasteiger partial charge in [-0.05, 0) is 43.3 Å². The molecule has 2 N–H and O–H groups in total. The molecule has 2 fully saturated rings. The predicted molar refractivity (Wildman–Crippen MR) is 114 cm³/mol. The van der Waals surface area contributed by atoms with E-state index in [2.05, 4.69) is 29.7 Å². The standard InChI is InChI=1S/C23H29N3O2/c1-17-4-3-15-26(17,21-13-14-24-16-21)20-9-7-19(8-10-20)25-23(27)18-5-11-22(28-2)12-6-18/h5-12,17,21,24H,3-4,13-16H2,1-2H3/p+1. The maximum atomic E-state index is 12.5. The quantitative estimate of drug-likeness (QED) is 0.776. The van der Waals surface area contributed by atoms with E-state index in [-0.39, 0.29) is 5.91 Å². The van der Waals surface area contributed by atoms with Crippen LogP contribution in [0.2, 0.25) is 0 Å². The molecule has 3 atom stereocenters. The van der Waals surface area contributed by atoms with E-state index in [9.17, 15) is 4.79 Å². The number of hydrogen-bond donors (Lipinski definition) is 2. The average molecular weight is 381 g/mol. The summed E-state index contributed by atoms with van der Waals surface area (Å²) in [6, 6.07) is 17.0. The Morgan fingerprint density at radius 3 is 2.43 bits per heavy atom. The van der Waals surface area contributed by atoms with Crippen LogP contribution < -0.4 is 19.9 Å². The van der Waals surface area contributed by atoms with E-state index in [0.717, 1.165) is 29.0 Å². The lowest BCUT2D eigenvalue weighted by Gasteiger charge is -2.43. The van der Waals surface area contributed by atoms with E-state index in [4.69, 9.17) is 4.74 Å². The van der Waals surface area contributed by atoms with Gasteiger partial charge in [-0.3, -0.25) is 9.28 Å². The van der Waals surface area contributed by atoms with Crippen molar-refractivity contribution >= 4 is 17.3 Å². The van der Waals surface area contributed by atoms with Crippen LogP contribution in [0.15, 0.2) is 48.5 Å². The molecule has 5 nitrogen and oxygen atoms in total. The fourth-order valence-electron chi connectivity index (χ4n) is 5.04. The Kier molecular flexibility index (Phi) is 5.38. The van der Waals surface area contributed by atoms with Crippen LogP contribution in [0.5, 0.6) is 5.75 Å². The second kappa shape index (κ2) is 7.94. The molecule has 28 heavy (non-hydrogen) atoms. The Labute approximate surface area is 167 Å². The van der Waals surface area contributed by atoms with Crippen LogP contribution in [0.4, 0.5) is 11.4 Å². The normalized spacial score (nSPS) is 26.9. The molecule has 3 unspecified atom stereocenters. The van der Waals surface area contributed by atoms with Crippen LogP contribution >= 0.6 is 0 Å². The van der Waals surface area contributed by atoms with E-state index in [1.165, 1.54) is 31.5 Å². The fraction of sp³-hybridized carbons (Fsp3) is 0.435. The van der Waals surface area contributed by atoms with Crippen molar-refractivity contribution in [2.45, 2.75) is 38.3 Å². The first-order valence-electron chi connectivity index (χ1n) is 10.3. The maximum Gasteiger partial charge on any atom is 0.255 e. The summed E-state index contributed by atoms with van der Waals surface area (Å²) in [4.78, 5) is 12.5. The van der Waals surface area contributed by atoms with Gasteiger partial charge < -0.3 is 15.4 Å². The van der Waals surface area contributed by atoms with E-state index < -0.39 is 0 Å². The fourth-order valence-corrected chi connectivity index (χ4v) is 5.04. The molecule has 0 bridgehead atoms. The largest absolute Gasteiger partial charge is 0.497 e. The molecule has 0 aliphatic carbocycles. The highest BCUT2D eigenvalue weighted by Gasteiger charge is 2.47. The van der Waals surface area contributed by atoms with E-state index >= 15 is 0 Å². The van der Waals surface area contributed by atoms with Crippen LogP contribution in [-0.2, 0) is 0 Å². The van der Waals surface area contributed by atoms with Gasteiger partial charge in [-0.2, -0.15) is 0 Å². The summed E-state index contributed by atoms with van der Waals surface area (Å²) in [6.07, 6.45) is 3.81. The lowest BCUT2D eigenvalue weighted by Crippen LogP contribution is -2.59. The zero-order chi connectivity index (χ0) is 19.6. The highest BCUT2D eigenvalue weighted by molar-refractivity contribution is 6.04. The third kappa shape index (κ3) is 3.40. The molecule has 2 aromatic rings. The zero-order valence-corrected chi connectivity index (χ0v) is 16.8. The zero-order valence-electron chi connectivity index (χ0n) is 16.8. The number of quaternary nitrogens is 1. The van der Waals surface area contributed by atoms with Crippen molar-refractivity contribution in [3.05, 3.63) is 54.1 Å². The van der Waals surface area contributed by atoms with Gasteiger partial charge >= 0.3 is 0 Å². The summed E-state index contributed by atoms with van der Waals surface area (Å²) >= 11 is 0. The topological polar surface area (TPSA) is 50.4 Å². The predicted octanol–water partition coefficient (Wildman–Crippen LogP) is 3.80. The minimum Gasteiger partial charge on any atom is -0.497 e. The van der Waals surface area contributed by atoms with E-state index in [0.29, 0.717) is 17.6 Å². The van der Waals surface area contributed by atoms with Gasteiger partial charge in [-0.25, -0.2) is 0 Å². The Bertz CT molecular complexity index is 813. The van der Waals surface area contributed by atoms with Crippen LogP contribution in [0.25, 0.3) is 0 Å². The molecule has 2 saturated heterocycles. The number of rotatable bonds is 5. The van der Waals surface area contributed by atoms with E-state index in [1.807, 2.05) is 12.1 Å². The lowest BCUT2D eigenvalue weighted by molar-refractivity contribution is 0.102. The summed E-state index contributed by atoms with van der Waals surface area (Å²) in [5, 5.41) is 6.55. The Hall–Kier alpha value is -2.37. The van der Waals surface area contributed by atoms with Gasteiger partial charge in [0.2, 0.25) is 0 Å². The smallest absolute Gasteiger partial charge is 0.255 e. The summed E-state index contributed by atoms with van der Waals surface area (Å²) in [5.41, 5.74) is 2.83. The Balaban J connectivity index is 1.51. The monoisotopic (exact) mass is 380 g/mol. The van der Waals surface area contributed by atoms with Crippen molar-refractivity contribution in [1.29, 1.82) is 0 Å². The van der Waals surface area contributed by atoms with Gasteiger partial charge in [0, 0.05) is 55.7 Å². The van der Waals surface area contributed by atoms with Crippen LogP contribution in [0.1, 0.15) is 36.5 Å². The highest BCUT2D eigenvalue weighted by Crippen LogP contribution is 2.39. The number of nitrogens with zero attached hydrogens (tertiary/aromatic N) is 1. The molecular formula is C23H30N3O2+. The van der Waals surface area contributed by atoms with Crippen molar-refractivity contribution in [1.82, 2.24) is 9.80 Å². The van der Waals surface area contributed by atoms with Crippen LogP contribution in [-0.4, -0.2) is 44.7 Å². The summed E-state index contributed by atoms with van der Waals surface area (Å²) in [5.74, 6) is 0.643. The van der Waals surface area contributed by atoms with Gasteiger partial charge in [0.15, 0.2) is 0 Å². The second-order valence-corrected chi connectivity index (χ2v) is 8.02. The molecule has 2 aliphatic rings. The second-order valence-electron chi connectivity index (χ2n) is 8.02. The first kappa shape index (κ1) is 19.0. The minimum absolute atomic E-state index is 0.103. The van der Waals surface area contributed by atoms with Gasteiger partial charge in [-0.15, -0.1) is 0 Å². The minimum atomic E-state index is -0.103. The first-order chi connectivity index (χ1) is 13.6. The first-order valence-corrected chi connectivity index (χ1v) is 10.3. The highest BCUT2D eigenvalue weighted by atomic mass is 16.5. The van der Waals surface area contributed by atoms with Gasteiger partial charge in [0.1, 0.15) is 17.5 Å². The molecule has 0 aromatic heterocycles. The number of carbonyl (C=O) groups excluding carboxylic acids is 1. The number of ether oxygens (including phenoxy) is 1. The Morgan fingerprint density at radius 1 is 1.11 bits per heavy atom. The molecule has 4 rings (SSSR count). The molecule has 5 heteroatoms. The third-order valence-corrected chi connectivity index (χ3v) is 6.58. The number of amides is 1. The number of benzene rings is 2. The molecule has 0 radical (unpaired) electrons. The maximum absolute atomic E-state index is 12.5. The third-order valence-electron chi connectivity index (χ3n) is 6.58. The number of carbonyl (C=O) groups is 1. The SMILES string of the molecule is COc1ccc(C(=O)Nc2ccc([N+]3(C4CCNC4)CCCC3C)cc2)cc1. The van der Waals surface area contributed by atoms with Crippen molar-refractivity contribution in [2.75, 3.05) is 32.1 Å². The summed E-state index contributed by atoms with van der Waals surface area (Å²) in [6.45, 7) is 5.82. The van der Waals surface area contributed by atoms with Crippen molar-refractivity contribution < 1.29 is 9.53 Å².